The smallest absolute Gasteiger partial charge is 0.255 e. The van der Waals surface area contributed by atoms with Gasteiger partial charge in [0.25, 0.3) is 5.91 Å². The van der Waals surface area contributed by atoms with Crippen molar-refractivity contribution in [2.75, 3.05) is 19.5 Å². The van der Waals surface area contributed by atoms with Crippen LogP contribution in [-0.4, -0.2) is 30.1 Å². The zero-order chi connectivity index (χ0) is 20.9. The Bertz CT molecular complexity index is 1150. The van der Waals surface area contributed by atoms with Crippen LogP contribution in [0.25, 0.3) is 22.0 Å². The van der Waals surface area contributed by atoms with Crippen LogP contribution in [0.3, 0.4) is 0 Å². The zero-order valence-electron chi connectivity index (χ0n) is 16.5. The van der Waals surface area contributed by atoms with Gasteiger partial charge in [-0.15, -0.1) is 11.3 Å². The van der Waals surface area contributed by atoms with E-state index in [4.69, 9.17) is 9.47 Å². The molecule has 6 nitrogen and oxygen atoms in total. The van der Waals surface area contributed by atoms with Crippen molar-refractivity contribution in [1.29, 1.82) is 0 Å². The molecule has 0 saturated heterocycles. The molecule has 2 aromatic heterocycles. The first kappa shape index (κ1) is 19.6. The molecule has 0 spiro atoms. The monoisotopic (exact) mass is 417 g/mol. The highest BCUT2D eigenvalue weighted by molar-refractivity contribution is 7.13. The first-order valence-corrected chi connectivity index (χ1v) is 10.1. The number of ether oxygens (including phenoxy) is 2. The first-order valence-electron chi connectivity index (χ1n) is 9.18. The van der Waals surface area contributed by atoms with Crippen LogP contribution < -0.4 is 14.8 Å². The van der Waals surface area contributed by atoms with E-state index in [0.29, 0.717) is 22.7 Å². The van der Waals surface area contributed by atoms with Gasteiger partial charge in [-0.1, -0.05) is 18.2 Å². The van der Waals surface area contributed by atoms with Crippen LogP contribution in [0.15, 0.2) is 72.2 Å². The molecular formula is C23H19N3O3S. The lowest BCUT2D eigenvalue weighted by molar-refractivity contribution is 0.102. The SMILES string of the molecule is COc1cc(OC)cc(C(=O)Nc2cccc(-c3csc(-c4ccccn4)n3)c2)c1. The van der Waals surface area contributed by atoms with Gasteiger partial charge in [-0.3, -0.25) is 9.78 Å². The number of aromatic nitrogens is 2. The highest BCUT2D eigenvalue weighted by atomic mass is 32.1. The first-order chi connectivity index (χ1) is 14.7. The average molecular weight is 417 g/mol. The van der Waals surface area contributed by atoms with E-state index in [-0.39, 0.29) is 5.91 Å². The average Bonchev–Trinajstić information content (AvgIpc) is 3.30. The van der Waals surface area contributed by atoms with Crippen LogP contribution in [0.4, 0.5) is 5.69 Å². The normalized spacial score (nSPS) is 10.5. The second-order valence-electron chi connectivity index (χ2n) is 6.39. The minimum atomic E-state index is -0.253. The molecular weight excluding hydrogens is 398 g/mol. The van der Waals surface area contributed by atoms with Crippen LogP contribution in [0.5, 0.6) is 11.5 Å². The molecule has 4 rings (SSSR count). The fraction of sp³-hybridized carbons (Fsp3) is 0.0870. The van der Waals surface area contributed by atoms with Gasteiger partial charge >= 0.3 is 0 Å². The quantitative estimate of drug-likeness (QED) is 0.470. The Morgan fingerprint density at radius 3 is 2.43 bits per heavy atom. The molecule has 0 unspecified atom stereocenters. The second-order valence-corrected chi connectivity index (χ2v) is 7.25. The lowest BCUT2D eigenvalue weighted by Crippen LogP contribution is -2.12. The standard InChI is InChI=1S/C23H19N3O3S/c1-28-18-11-16(12-19(13-18)29-2)22(27)25-17-7-5-6-15(10-17)21-14-30-23(26-21)20-8-3-4-9-24-20/h3-14H,1-2H3,(H,25,27). The number of nitrogens with one attached hydrogen (secondary N) is 1. The number of carbonyl (C=O) groups excluding carboxylic acids is 1. The maximum Gasteiger partial charge on any atom is 0.255 e. The van der Waals surface area contributed by atoms with Crippen molar-refractivity contribution in [2.24, 2.45) is 0 Å². The van der Waals surface area contributed by atoms with Crippen molar-refractivity contribution in [3.63, 3.8) is 0 Å². The summed E-state index contributed by atoms with van der Waals surface area (Å²) in [6, 6.07) is 18.4. The summed E-state index contributed by atoms with van der Waals surface area (Å²) in [6.07, 6.45) is 1.75. The fourth-order valence-corrected chi connectivity index (χ4v) is 3.72. The van der Waals surface area contributed by atoms with Crippen molar-refractivity contribution >= 4 is 22.9 Å². The third kappa shape index (κ3) is 4.31. The van der Waals surface area contributed by atoms with Crippen LogP contribution in [0.1, 0.15) is 10.4 Å². The summed E-state index contributed by atoms with van der Waals surface area (Å²) in [5.41, 5.74) is 3.70. The maximum absolute atomic E-state index is 12.7. The molecule has 1 amide bonds. The Balaban J connectivity index is 1.56. The molecule has 0 atom stereocenters. The molecule has 0 fully saturated rings. The number of hydrogen-bond acceptors (Lipinski definition) is 6. The highest BCUT2D eigenvalue weighted by Gasteiger charge is 2.12. The van der Waals surface area contributed by atoms with Crippen LogP contribution in [-0.2, 0) is 0 Å². The third-order valence-corrected chi connectivity index (χ3v) is 5.28. The minimum absolute atomic E-state index is 0.253. The molecule has 0 radical (unpaired) electrons. The minimum Gasteiger partial charge on any atom is -0.497 e. The van der Waals surface area contributed by atoms with Gasteiger partial charge in [-0.25, -0.2) is 4.98 Å². The Labute approximate surface area is 178 Å². The van der Waals surface area contributed by atoms with Gasteiger partial charge in [-0.05, 0) is 36.4 Å². The fourth-order valence-electron chi connectivity index (χ4n) is 2.91. The molecule has 1 N–H and O–H groups in total. The predicted molar refractivity (Wildman–Crippen MR) is 118 cm³/mol. The Morgan fingerprint density at radius 1 is 0.933 bits per heavy atom. The number of nitrogens with zero attached hydrogens (tertiary/aromatic N) is 2. The lowest BCUT2D eigenvalue weighted by atomic mass is 10.1. The van der Waals surface area contributed by atoms with Crippen molar-refractivity contribution < 1.29 is 14.3 Å². The van der Waals surface area contributed by atoms with Gasteiger partial charge in [0.1, 0.15) is 16.5 Å². The molecule has 0 bridgehead atoms. The number of methoxy groups -OCH3 is 2. The molecule has 150 valence electrons. The predicted octanol–water partition coefficient (Wildman–Crippen LogP) is 5.14. The topological polar surface area (TPSA) is 73.3 Å². The number of rotatable bonds is 6. The second kappa shape index (κ2) is 8.75. The van der Waals surface area contributed by atoms with Gasteiger partial charge in [0, 0.05) is 34.5 Å². The lowest BCUT2D eigenvalue weighted by Gasteiger charge is -2.10. The molecule has 2 heterocycles. The van der Waals surface area contributed by atoms with Crippen molar-refractivity contribution in [2.45, 2.75) is 0 Å². The summed E-state index contributed by atoms with van der Waals surface area (Å²) in [7, 11) is 3.10. The van der Waals surface area contributed by atoms with Crippen molar-refractivity contribution in [3.8, 4) is 33.5 Å². The number of carbonyl (C=O) groups is 1. The molecule has 0 aliphatic heterocycles. The van der Waals surface area contributed by atoms with E-state index in [0.717, 1.165) is 22.0 Å². The molecule has 0 aliphatic carbocycles. The largest absolute Gasteiger partial charge is 0.497 e. The molecule has 0 saturated carbocycles. The molecule has 30 heavy (non-hydrogen) atoms. The van der Waals surface area contributed by atoms with E-state index < -0.39 is 0 Å². The summed E-state index contributed by atoms with van der Waals surface area (Å²) >= 11 is 1.53. The molecule has 2 aromatic carbocycles. The van der Waals surface area contributed by atoms with Gasteiger partial charge in [-0.2, -0.15) is 0 Å². The van der Waals surface area contributed by atoms with Gasteiger partial charge in [0.15, 0.2) is 0 Å². The van der Waals surface area contributed by atoms with E-state index in [2.05, 4.69) is 15.3 Å². The van der Waals surface area contributed by atoms with Crippen LogP contribution >= 0.6 is 11.3 Å². The summed E-state index contributed by atoms with van der Waals surface area (Å²) in [5, 5.41) is 5.76. The number of hydrogen-bond donors (Lipinski definition) is 1. The number of benzene rings is 2. The summed E-state index contributed by atoms with van der Waals surface area (Å²) < 4.78 is 10.5. The van der Waals surface area contributed by atoms with Gasteiger partial charge in [0.05, 0.1) is 25.6 Å². The van der Waals surface area contributed by atoms with E-state index >= 15 is 0 Å². The highest BCUT2D eigenvalue weighted by Crippen LogP contribution is 2.29. The van der Waals surface area contributed by atoms with Crippen molar-refractivity contribution in [3.05, 3.63) is 77.8 Å². The summed E-state index contributed by atoms with van der Waals surface area (Å²) in [6.45, 7) is 0. The van der Waals surface area contributed by atoms with Crippen LogP contribution in [0, 0.1) is 0 Å². The Kier molecular flexibility index (Phi) is 5.72. The number of amides is 1. The van der Waals surface area contributed by atoms with E-state index in [1.54, 1.807) is 38.6 Å². The number of anilines is 1. The summed E-state index contributed by atoms with van der Waals surface area (Å²) in [4.78, 5) is 21.8. The van der Waals surface area contributed by atoms with E-state index in [1.807, 2.05) is 47.8 Å². The Hall–Kier alpha value is -3.71. The van der Waals surface area contributed by atoms with Crippen LogP contribution in [0.2, 0.25) is 0 Å². The number of thiazole rings is 1. The molecule has 7 heteroatoms. The Morgan fingerprint density at radius 2 is 1.73 bits per heavy atom. The number of pyridine rings is 1. The summed E-state index contributed by atoms with van der Waals surface area (Å²) in [5.74, 6) is 0.854. The molecule has 0 aliphatic rings. The van der Waals surface area contributed by atoms with Gasteiger partial charge < -0.3 is 14.8 Å². The van der Waals surface area contributed by atoms with Crippen molar-refractivity contribution in [1.82, 2.24) is 9.97 Å². The molecule has 4 aromatic rings. The van der Waals surface area contributed by atoms with Gasteiger partial charge in [0.2, 0.25) is 0 Å². The van der Waals surface area contributed by atoms with E-state index in [1.165, 1.54) is 11.3 Å². The third-order valence-electron chi connectivity index (χ3n) is 4.42. The zero-order valence-corrected chi connectivity index (χ0v) is 17.3. The van der Waals surface area contributed by atoms with E-state index in [9.17, 15) is 4.79 Å². The maximum atomic E-state index is 12.7.